The zero-order valence-corrected chi connectivity index (χ0v) is 14.9. The number of nitrogens with one attached hydrogen (secondary N) is 2. The first kappa shape index (κ1) is 17.7. The number of hydrogen-bond donors (Lipinski definition) is 3. The van der Waals surface area contributed by atoms with Crippen LogP contribution in [0, 0.1) is 0 Å². The highest BCUT2D eigenvalue weighted by atomic mass is 32.2. The number of imide groups is 1. The molecular weight excluding hydrogens is 384 g/mol. The molecule has 140 valence electrons. The van der Waals surface area contributed by atoms with Crippen LogP contribution in [0.25, 0.3) is 10.8 Å². The summed E-state index contributed by atoms with van der Waals surface area (Å²) in [5.74, 6) is -2.33. The summed E-state index contributed by atoms with van der Waals surface area (Å²) in [4.78, 5) is 34.9. The number of carboxylic acid groups (broad SMARTS) is 1. The third-order valence-electron chi connectivity index (χ3n) is 4.36. The third-order valence-corrected chi connectivity index (χ3v) is 5.72. The van der Waals surface area contributed by atoms with E-state index in [4.69, 9.17) is 5.11 Å². The molecule has 0 fully saturated rings. The molecule has 2 amide bonds. The summed E-state index contributed by atoms with van der Waals surface area (Å²) in [5.41, 5.74) is 0.585. The van der Waals surface area contributed by atoms with Crippen molar-refractivity contribution >= 4 is 44.3 Å². The highest BCUT2D eigenvalue weighted by Crippen LogP contribution is 2.30. The summed E-state index contributed by atoms with van der Waals surface area (Å²) in [5, 5.41) is 12.0. The molecule has 0 atom stereocenters. The first-order chi connectivity index (χ1) is 13.3. The molecule has 0 spiro atoms. The Balaban J connectivity index is 1.79. The van der Waals surface area contributed by atoms with Gasteiger partial charge >= 0.3 is 5.97 Å². The van der Waals surface area contributed by atoms with E-state index >= 15 is 0 Å². The Morgan fingerprint density at radius 2 is 1.61 bits per heavy atom. The Morgan fingerprint density at radius 3 is 2.29 bits per heavy atom. The van der Waals surface area contributed by atoms with Crippen LogP contribution in [0.1, 0.15) is 31.1 Å². The van der Waals surface area contributed by atoms with E-state index in [0.717, 1.165) is 0 Å². The minimum Gasteiger partial charge on any atom is -0.478 e. The molecule has 0 aromatic heterocycles. The molecule has 0 radical (unpaired) electrons. The van der Waals surface area contributed by atoms with Gasteiger partial charge in [0.2, 0.25) is 0 Å². The Hall–Kier alpha value is -3.72. The summed E-state index contributed by atoms with van der Waals surface area (Å²) in [6.45, 7) is 0. The minimum absolute atomic E-state index is 0.0203. The van der Waals surface area contributed by atoms with Gasteiger partial charge in [0.1, 0.15) is 0 Å². The molecule has 3 aromatic rings. The van der Waals surface area contributed by atoms with Crippen LogP contribution in [0.15, 0.2) is 59.5 Å². The van der Waals surface area contributed by atoms with Crippen molar-refractivity contribution in [2.75, 3.05) is 4.72 Å². The van der Waals surface area contributed by atoms with Crippen molar-refractivity contribution < 1.29 is 27.9 Å². The first-order valence-electron chi connectivity index (χ1n) is 8.05. The highest BCUT2D eigenvalue weighted by Gasteiger charge is 2.27. The van der Waals surface area contributed by atoms with Gasteiger partial charge in [0.25, 0.3) is 21.8 Å². The Bertz CT molecular complexity index is 1280. The zero-order chi connectivity index (χ0) is 20.1. The van der Waals surface area contributed by atoms with Gasteiger partial charge in [-0.1, -0.05) is 12.1 Å². The van der Waals surface area contributed by atoms with Crippen molar-refractivity contribution in [2.24, 2.45) is 0 Å². The predicted molar refractivity (Wildman–Crippen MR) is 100.0 cm³/mol. The topological polar surface area (TPSA) is 130 Å². The third kappa shape index (κ3) is 2.87. The largest absolute Gasteiger partial charge is 0.478 e. The minimum atomic E-state index is -4.06. The number of sulfonamides is 1. The smallest absolute Gasteiger partial charge is 0.335 e. The van der Waals surface area contributed by atoms with Crippen LogP contribution in [0.5, 0.6) is 0 Å². The lowest BCUT2D eigenvalue weighted by Crippen LogP contribution is -2.34. The number of aromatic carboxylic acids is 1. The van der Waals surface area contributed by atoms with E-state index in [2.05, 4.69) is 10.0 Å². The number of rotatable bonds is 4. The lowest BCUT2D eigenvalue weighted by molar-refractivity contribution is 0.0695. The maximum absolute atomic E-state index is 12.8. The van der Waals surface area contributed by atoms with Crippen LogP contribution in [-0.4, -0.2) is 31.3 Å². The molecule has 28 heavy (non-hydrogen) atoms. The van der Waals surface area contributed by atoms with E-state index in [-0.39, 0.29) is 21.7 Å². The van der Waals surface area contributed by atoms with E-state index in [1.54, 1.807) is 18.2 Å². The number of carbonyl (C=O) groups is 3. The maximum atomic E-state index is 12.8. The van der Waals surface area contributed by atoms with Gasteiger partial charge in [0.15, 0.2) is 0 Å². The fourth-order valence-corrected chi connectivity index (χ4v) is 4.18. The molecule has 0 saturated heterocycles. The number of amides is 2. The number of carbonyl (C=O) groups excluding carboxylic acids is 2. The lowest BCUT2D eigenvalue weighted by Gasteiger charge is -2.18. The molecule has 4 rings (SSSR count). The van der Waals surface area contributed by atoms with Crippen molar-refractivity contribution in [3.63, 3.8) is 0 Å². The normalized spacial score (nSPS) is 13.3. The second-order valence-corrected chi connectivity index (χ2v) is 7.83. The van der Waals surface area contributed by atoms with Crippen molar-refractivity contribution in [2.45, 2.75) is 4.90 Å². The van der Waals surface area contributed by atoms with E-state index in [1.807, 2.05) is 0 Å². The number of anilines is 1. The highest BCUT2D eigenvalue weighted by molar-refractivity contribution is 7.92. The average Bonchev–Trinajstić information content (AvgIpc) is 2.65. The number of benzene rings is 3. The second kappa shape index (κ2) is 6.17. The van der Waals surface area contributed by atoms with Crippen LogP contribution >= 0.6 is 0 Å². The molecular formula is C19H12N2O6S. The fourth-order valence-electron chi connectivity index (χ4n) is 3.06. The van der Waals surface area contributed by atoms with Gasteiger partial charge in [0.05, 0.1) is 10.5 Å². The first-order valence-corrected chi connectivity index (χ1v) is 9.53. The molecule has 8 nitrogen and oxygen atoms in total. The summed E-state index contributed by atoms with van der Waals surface area (Å²) in [6, 6.07) is 12.6. The van der Waals surface area contributed by atoms with Gasteiger partial charge < -0.3 is 5.11 Å². The molecule has 0 unspecified atom stereocenters. The van der Waals surface area contributed by atoms with Crippen LogP contribution in [-0.2, 0) is 10.0 Å². The van der Waals surface area contributed by atoms with Crippen molar-refractivity contribution in [3.05, 3.63) is 71.3 Å². The number of hydrogen-bond acceptors (Lipinski definition) is 5. The summed E-state index contributed by atoms with van der Waals surface area (Å²) in [6.07, 6.45) is 0. The van der Waals surface area contributed by atoms with E-state index in [0.29, 0.717) is 16.3 Å². The maximum Gasteiger partial charge on any atom is 0.335 e. The predicted octanol–water partition coefficient (Wildman–Crippen LogP) is 2.22. The molecule has 1 aliphatic heterocycles. The monoisotopic (exact) mass is 396 g/mol. The van der Waals surface area contributed by atoms with Crippen LogP contribution in [0.2, 0.25) is 0 Å². The average molecular weight is 396 g/mol. The number of carboxylic acids is 1. The van der Waals surface area contributed by atoms with Crippen molar-refractivity contribution in [1.29, 1.82) is 0 Å². The van der Waals surface area contributed by atoms with Gasteiger partial charge in [-0.2, -0.15) is 0 Å². The van der Waals surface area contributed by atoms with Gasteiger partial charge in [-0.05, 0) is 47.9 Å². The molecule has 0 aliphatic carbocycles. The van der Waals surface area contributed by atoms with Gasteiger partial charge in [-0.15, -0.1) is 0 Å². The summed E-state index contributed by atoms with van der Waals surface area (Å²) < 4.78 is 27.9. The molecule has 0 bridgehead atoms. The van der Waals surface area contributed by atoms with E-state index in [9.17, 15) is 22.8 Å². The molecule has 1 aliphatic rings. The zero-order valence-electron chi connectivity index (χ0n) is 14.1. The summed E-state index contributed by atoms with van der Waals surface area (Å²) in [7, 11) is -4.06. The van der Waals surface area contributed by atoms with E-state index in [1.165, 1.54) is 36.4 Å². The Labute approximate surface area is 158 Å². The molecule has 3 N–H and O–H groups in total. The van der Waals surface area contributed by atoms with Gasteiger partial charge in [-0.25, -0.2) is 13.2 Å². The SMILES string of the molecule is O=C(O)c1ccc(NS(=O)(=O)c2cc3c4c(cccc4c2)C(=O)NC3=O)cc1. The van der Waals surface area contributed by atoms with E-state index < -0.39 is 27.8 Å². The van der Waals surface area contributed by atoms with Crippen molar-refractivity contribution in [1.82, 2.24) is 5.32 Å². The van der Waals surface area contributed by atoms with Crippen LogP contribution in [0.4, 0.5) is 5.69 Å². The van der Waals surface area contributed by atoms with Gasteiger partial charge in [-0.3, -0.25) is 19.6 Å². The van der Waals surface area contributed by atoms with Crippen molar-refractivity contribution in [3.8, 4) is 0 Å². The molecule has 0 saturated carbocycles. The molecule has 1 heterocycles. The lowest BCUT2D eigenvalue weighted by atomic mass is 9.95. The van der Waals surface area contributed by atoms with Crippen LogP contribution < -0.4 is 10.0 Å². The molecule has 3 aromatic carbocycles. The Morgan fingerprint density at radius 1 is 0.929 bits per heavy atom. The van der Waals surface area contributed by atoms with Gasteiger partial charge in [0, 0.05) is 22.2 Å². The Kier molecular flexibility index (Phi) is 3.90. The van der Waals surface area contributed by atoms with Crippen LogP contribution in [0.3, 0.4) is 0 Å². The molecule has 9 heteroatoms. The summed E-state index contributed by atoms with van der Waals surface area (Å²) >= 11 is 0. The quantitative estimate of drug-likeness (QED) is 0.580. The standard InChI is InChI=1S/C19H12N2O6S/c22-17-14-3-1-2-11-8-13(9-15(16(11)14)18(23)20-17)28(26,27)21-12-6-4-10(5-7-12)19(24)25/h1-9,21H,(H,24,25)(H,20,22,23). The fraction of sp³-hybridized carbons (Fsp3) is 0. The second-order valence-electron chi connectivity index (χ2n) is 6.15.